The second-order valence-electron chi connectivity index (χ2n) is 5.34. The molecule has 2 amide bonds. The third kappa shape index (κ3) is 4.19. The Morgan fingerprint density at radius 2 is 1.75 bits per heavy atom. The van der Waals surface area contributed by atoms with Crippen LogP contribution in [-0.2, 0) is 16.1 Å². The van der Waals surface area contributed by atoms with Gasteiger partial charge in [-0.1, -0.05) is 30.3 Å². The van der Waals surface area contributed by atoms with Gasteiger partial charge in [-0.15, -0.1) is 0 Å². The zero-order valence-electron chi connectivity index (χ0n) is 13.0. The molecular formula is C18H17N3O3. The van der Waals surface area contributed by atoms with Crippen molar-refractivity contribution in [1.29, 1.82) is 0 Å². The highest BCUT2D eigenvalue weighted by atomic mass is 16.5. The quantitative estimate of drug-likeness (QED) is 0.886. The fourth-order valence-electron chi connectivity index (χ4n) is 2.22. The first-order valence-corrected chi connectivity index (χ1v) is 7.66. The molecule has 2 N–H and O–H groups in total. The minimum atomic E-state index is -0.264. The van der Waals surface area contributed by atoms with Gasteiger partial charge in [-0.25, -0.2) is 5.43 Å². The second kappa shape index (κ2) is 7.41. The van der Waals surface area contributed by atoms with Crippen LogP contribution in [0.5, 0.6) is 11.5 Å². The summed E-state index contributed by atoms with van der Waals surface area (Å²) >= 11 is 0. The number of carbonyl (C=O) groups is 2. The predicted molar refractivity (Wildman–Crippen MR) is 89.6 cm³/mol. The highest BCUT2D eigenvalue weighted by Crippen LogP contribution is 2.21. The summed E-state index contributed by atoms with van der Waals surface area (Å²) in [6, 6.07) is 17.0. The molecule has 6 heteroatoms. The molecule has 0 atom stereocenters. The molecule has 6 nitrogen and oxygen atoms in total. The average molecular weight is 323 g/mol. The van der Waals surface area contributed by atoms with Crippen molar-refractivity contribution < 1.29 is 14.3 Å². The number of hydrazone groups is 1. The zero-order chi connectivity index (χ0) is 16.8. The molecule has 0 aromatic heterocycles. The number of nitrogens with zero attached hydrogens (tertiary/aromatic N) is 1. The lowest BCUT2D eigenvalue weighted by Crippen LogP contribution is -2.36. The normalized spacial score (nSPS) is 13.7. The van der Waals surface area contributed by atoms with E-state index in [-0.39, 0.29) is 18.2 Å². The first kappa shape index (κ1) is 15.7. The minimum Gasteiger partial charge on any atom is -0.457 e. The van der Waals surface area contributed by atoms with E-state index in [0.29, 0.717) is 18.7 Å². The van der Waals surface area contributed by atoms with Gasteiger partial charge < -0.3 is 10.1 Å². The molecule has 122 valence electrons. The highest BCUT2D eigenvalue weighted by molar-refractivity contribution is 6.39. The number of ether oxygens (including phenoxy) is 1. The number of nitrogens with one attached hydrogen (secondary N) is 2. The SMILES string of the molecule is O=C1CCC(C(=O)NCc2ccc(Oc3ccccc3)cc2)=NN1. The zero-order valence-corrected chi connectivity index (χ0v) is 13.0. The van der Waals surface area contributed by atoms with E-state index in [1.807, 2.05) is 54.6 Å². The van der Waals surface area contributed by atoms with Gasteiger partial charge in [-0.05, 0) is 29.8 Å². The molecule has 0 fully saturated rings. The minimum absolute atomic E-state index is 0.166. The molecular weight excluding hydrogens is 306 g/mol. The lowest BCUT2D eigenvalue weighted by atomic mass is 10.1. The topological polar surface area (TPSA) is 79.8 Å². The maximum Gasteiger partial charge on any atom is 0.267 e. The summed E-state index contributed by atoms with van der Waals surface area (Å²) < 4.78 is 5.72. The van der Waals surface area contributed by atoms with Gasteiger partial charge in [0.2, 0.25) is 5.91 Å². The summed E-state index contributed by atoms with van der Waals surface area (Å²) in [5, 5.41) is 6.56. The van der Waals surface area contributed by atoms with E-state index in [1.54, 1.807) is 0 Å². The number of hydrogen-bond acceptors (Lipinski definition) is 4. The van der Waals surface area contributed by atoms with Crippen molar-refractivity contribution in [3.05, 3.63) is 60.2 Å². The Hall–Kier alpha value is -3.15. The van der Waals surface area contributed by atoms with Gasteiger partial charge >= 0.3 is 0 Å². The number of rotatable bonds is 5. The van der Waals surface area contributed by atoms with E-state index < -0.39 is 0 Å². The fourth-order valence-corrected chi connectivity index (χ4v) is 2.22. The molecule has 2 aromatic carbocycles. The maximum absolute atomic E-state index is 12.0. The summed E-state index contributed by atoms with van der Waals surface area (Å²) in [6.07, 6.45) is 0.652. The van der Waals surface area contributed by atoms with Crippen LogP contribution in [-0.4, -0.2) is 17.5 Å². The van der Waals surface area contributed by atoms with E-state index >= 15 is 0 Å². The van der Waals surface area contributed by atoms with Crippen molar-refractivity contribution in [2.75, 3.05) is 0 Å². The average Bonchev–Trinajstić information content (AvgIpc) is 2.62. The smallest absolute Gasteiger partial charge is 0.267 e. The van der Waals surface area contributed by atoms with Gasteiger partial charge in [-0.3, -0.25) is 9.59 Å². The molecule has 24 heavy (non-hydrogen) atoms. The van der Waals surface area contributed by atoms with Crippen molar-refractivity contribution in [2.24, 2.45) is 5.10 Å². The van der Waals surface area contributed by atoms with Gasteiger partial charge in [0.25, 0.3) is 5.91 Å². The Bertz CT molecular complexity index is 755. The molecule has 0 radical (unpaired) electrons. The van der Waals surface area contributed by atoms with E-state index in [4.69, 9.17) is 4.74 Å². The van der Waals surface area contributed by atoms with Crippen LogP contribution in [0.3, 0.4) is 0 Å². The summed E-state index contributed by atoms with van der Waals surface area (Å²) in [5.41, 5.74) is 3.61. The van der Waals surface area contributed by atoms with E-state index in [2.05, 4.69) is 15.8 Å². The number of benzene rings is 2. The molecule has 0 saturated carbocycles. The fraction of sp³-hybridized carbons (Fsp3) is 0.167. The molecule has 3 rings (SSSR count). The molecule has 1 aliphatic rings. The summed E-state index contributed by atoms with van der Waals surface area (Å²) in [5.74, 6) is 1.08. The number of para-hydroxylation sites is 1. The number of hydrogen-bond donors (Lipinski definition) is 2. The Labute approximate surface area is 139 Å². The molecule has 1 aliphatic heterocycles. The molecule has 1 heterocycles. The van der Waals surface area contributed by atoms with Crippen LogP contribution in [0.1, 0.15) is 18.4 Å². The first-order chi connectivity index (χ1) is 11.7. The molecule has 0 bridgehead atoms. The number of amides is 2. The third-order valence-corrected chi connectivity index (χ3v) is 3.52. The standard InChI is InChI=1S/C18H17N3O3/c22-17-11-10-16(20-21-17)18(23)19-12-13-6-8-15(9-7-13)24-14-4-2-1-3-5-14/h1-9H,10-12H2,(H,19,23)(H,21,22). The Balaban J connectivity index is 1.53. The van der Waals surface area contributed by atoms with Crippen LogP contribution >= 0.6 is 0 Å². The van der Waals surface area contributed by atoms with Crippen molar-refractivity contribution in [3.8, 4) is 11.5 Å². The number of carbonyl (C=O) groups excluding carboxylic acids is 2. The molecule has 0 aliphatic carbocycles. The van der Waals surface area contributed by atoms with Crippen molar-refractivity contribution in [1.82, 2.24) is 10.7 Å². The summed E-state index contributed by atoms with van der Waals surface area (Å²) in [7, 11) is 0. The van der Waals surface area contributed by atoms with E-state index in [1.165, 1.54) is 0 Å². The van der Waals surface area contributed by atoms with Crippen LogP contribution in [0.25, 0.3) is 0 Å². The molecule has 0 unspecified atom stereocenters. The van der Waals surface area contributed by atoms with Crippen LogP contribution in [0.4, 0.5) is 0 Å². The Morgan fingerprint density at radius 3 is 2.42 bits per heavy atom. The second-order valence-corrected chi connectivity index (χ2v) is 5.34. The summed E-state index contributed by atoms with van der Waals surface area (Å²) in [4.78, 5) is 23.0. The summed E-state index contributed by atoms with van der Waals surface area (Å²) in [6.45, 7) is 0.386. The van der Waals surface area contributed by atoms with Crippen LogP contribution in [0, 0.1) is 0 Å². The highest BCUT2D eigenvalue weighted by Gasteiger charge is 2.17. The van der Waals surface area contributed by atoms with Crippen molar-refractivity contribution >= 4 is 17.5 Å². The van der Waals surface area contributed by atoms with Gasteiger partial charge in [0.05, 0.1) is 0 Å². The monoisotopic (exact) mass is 323 g/mol. The van der Waals surface area contributed by atoms with Gasteiger partial charge in [0.1, 0.15) is 17.2 Å². The third-order valence-electron chi connectivity index (χ3n) is 3.52. The van der Waals surface area contributed by atoms with Crippen LogP contribution < -0.4 is 15.5 Å². The lowest BCUT2D eigenvalue weighted by Gasteiger charge is -2.12. The lowest BCUT2D eigenvalue weighted by molar-refractivity contribution is -0.121. The van der Waals surface area contributed by atoms with Gasteiger partial charge in [0.15, 0.2) is 0 Å². The van der Waals surface area contributed by atoms with Crippen LogP contribution in [0.2, 0.25) is 0 Å². The first-order valence-electron chi connectivity index (χ1n) is 7.66. The van der Waals surface area contributed by atoms with Crippen molar-refractivity contribution in [2.45, 2.75) is 19.4 Å². The van der Waals surface area contributed by atoms with Crippen molar-refractivity contribution in [3.63, 3.8) is 0 Å². The van der Waals surface area contributed by atoms with Crippen LogP contribution in [0.15, 0.2) is 59.7 Å². The predicted octanol–water partition coefficient (Wildman–Crippen LogP) is 2.36. The molecule has 2 aromatic rings. The largest absolute Gasteiger partial charge is 0.457 e. The van der Waals surface area contributed by atoms with E-state index in [9.17, 15) is 9.59 Å². The Kier molecular flexibility index (Phi) is 4.86. The molecule has 0 spiro atoms. The van der Waals surface area contributed by atoms with E-state index in [0.717, 1.165) is 17.1 Å². The Morgan fingerprint density at radius 1 is 1.04 bits per heavy atom. The molecule has 0 saturated heterocycles. The maximum atomic E-state index is 12.0. The van der Waals surface area contributed by atoms with Gasteiger partial charge in [-0.2, -0.15) is 5.10 Å². The van der Waals surface area contributed by atoms with Gasteiger partial charge in [0, 0.05) is 19.4 Å².